The van der Waals surface area contributed by atoms with Gasteiger partial charge in [-0.05, 0) is 38.7 Å². The van der Waals surface area contributed by atoms with Crippen molar-refractivity contribution in [2.24, 2.45) is 5.92 Å². The van der Waals surface area contributed by atoms with E-state index in [2.05, 4.69) is 24.5 Å². The molecule has 2 amide bonds. The lowest BCUT2D eigenvalue weighted by atomic mass is 10.0. The second-order valence-corrected chi connectivity index (χ2v) is 6.38. The number of non-ortho nitro benzene ring substituents is 1. The van der Waals surface area contributed by atoms with Crippen LogP contribution in [0.1, 0.15) is 50.9 Å². The van der Waals surface area contributed by atoms with Gasteiger partial charge < -0.3 is 10.6 Å². The van der Waals surface area contributed by atoms with Crippen LogP contribution < -0.4 is 10.6 Å². The number of nitrogens with one attached hydrogen (secondary N) is 2. The van der Waals surface area contributed by atoms with Gasteiger partial charge in [-0.25, -0.2) is 0 Å². The highest BCUT2D eigenvalue weighted by Crippen LogP contribution is 2.13. The molecular formula is C17H25N3O4. The van der Waals surface area contributed by atoms with Crippen LogP contribution in [0.2, 0.25) is 0 Å². The van der Waals surface area contributed by atoms with E-state index >= 15 is 0 Å². The third-order valence-electron chi connectivity index (χ3n) is 3.63. The van der Waals surface area contributed by atoms with E-state index < -0.39 is 16.9 Å². The molecule has 24 heavy (non-hydrogen) atoms. The van der Waals surface area contributed by atoms with Crippen LogP contribution in [0.25, 0.3) is 0 Å². The van der Waals surface area contributed by atoms with Gasteiger partial charge in [0.1, 0.15) is 6.04 Å². The number of amides is 2. The fourth-order valence-corrected chi connectivity index (χ4v) is 2.13. The van der Waals surface area contributed by atoms with Gasteiger partial charge in [0.25, 0.3) is 11.6 Å². The molecule has 0 aliphatic heterocycles. The van der Waals surface area contributed by atoms with E-state index in [1.54, 1.807) is 6.92 Å². The number of nitro benzene ring substituents is 1. The monoisotopic (exact) mass is 335 g/mol. The van der Waals surface area contributed by atoms with E-state index in [9.17, 15) is 19.7 Å². The molecule has 2 unspecified atom stereocenters. The van der Waals surface area contributed by atoms with Crippen LogP contribution in [0.15, 0.2) is 24.3 Å². The summed E-state index contributed by atoms with van der Waals surface area (Å²) in [5.41, 5.74) is -0.0150. The number of nitrogens with zero attached hydrogens (tertiary/aromatic N) is 1. The van der Waals surface area contributed by atoms with Crippen LogP contribution in [0.5, 0.6) is 0 Å². The molecule has 1 rings (SSSR count). The fourth-order valence-electron chi connectivity index (χ4n) is 2.13. The largest absolute Gasteiger partial charge is 0.352 e. The van der Waals surface area contributed by atoms with Crippen molar-refractivity contribution in [2.45, 2.75) is 52.6 Å². The number of hydrogen-bond donors (Lipinski definition) is 2. The molecule has 0 radical (unpaired) electrons. The summed E-state index contributed by atoms with van der Waals surface area (Å²) in [6.07, 6.45) is 1.88. The Balaban J connectivity index is 2.58. The van der Waals surface area contributed by atoms with Crippen molar-refractivity contribution < 1.29 is 14.5 Å². The van der Waals surface area contributed by atoms with Gasteiger partial charge in [0.2, 0.25) is 5.91 Å². The van der Waals surface area contributed by atoms with Crippen molar-refractivity contribution in [3.05, 3.63) is 39.9 Å². The predicted molar refractivity (Wildman–Crippen MR) is 91.7 cm³/mol. The normalized spacial score (nSPS) is 13.2. The SMILES string of the molecule is CC(C)CCC(C)NC(=O)C(C)NC(=O)c1cccc([N+](=O)[O-])c1. The topological polar surface area (TPSA) is 101 Å². The zero-order chi connectivity index (χ0) is 18.3. The van der Waals surface area contributed by atoms with E-state index in [1.807, 2.05) is 6.92 Å². The zero-order valence-electron chi connectivity index (χ0n) is 14.5. The van der Waals surface area contributed by atoms with Crippen molar-refractivity contribution in [2.75, 3.05) is 0 Å². The van der Waals surface area contributed by atoms with E-state index in [-0.39, 0.29) is 23.2 Å². The molecule has 132 valence electrons. The van der Waals surface area contributed by atoms with Crippen molar-refractivity contribution in [1.82, 2.24) is 10.6 Å². The molecular weight excluding hydrogens is 310 g/mol. The molecule has 0 saturated carbocycles. The van der Waals surface area contributed by atoms with Crippen LogP contribution >= 0.6 is 0 Å². The number of carbonyl (C=O) groups is 2. The molecule has 1 aromatic carbocycles. The number of carbonyl (C=O) groups excluding carboxylic acids is 2. The van der Waals surface area contributed by atoms with Gasteiger partial charge in [-0.2, -0.15) is 0 Å². The summed E-state index contributed by atoms with van der Waals surface area (Å²) >= 11 is 0. The van der Waals surface area contributed by atoms with E-state index in [1.165, 1.54) is 24.3 Å². The first-order valence-electron chi connectivity index (χ1n) is 8.06. The van der Waals surface area contributed by atoms with Crippen LogP contribution in [-0.2, 0) is 4.79 Å². The lowest BCUT2D eigenvalue weighted by Crippen LogP contribution is -2.47. The van der Waals surface area contributed by atoms with Gasteiger partial charge in [0.15, 0.2) is 0 Å². The predicted octanol–water partition coefficient (Wildman–Crippen LogP) is 2.65. The van der Waals surface area contributed by atoms with Crippen LogP contribution in [0, 0.1) is 16.0 Å². The molecule has 0 heterocycles. The first-order chi connectivity index (χ1) is 11.2. The number of nitro groups is 1. The highest BCUT2D eigenvalue weighted by Gasteiger charge is 2.19. The summed E-state index contributed by atoms with van der Waals surface area (Å²) in [6, 6.07) is 4.70. The summed E-state index contributed by atoms with van der Waals surface area (Å²) in [5.74, 6) is -0.225. The van der Waals surface area contributed by atoms with Crippen molar-refractivity contribution >= 4 is 17.5 Å². The lowest BCUT2D eigenvalue weighted by Gasteiger charge is -2.19. The summed E-state index contributed by atoms with van der Waals surface area (Å²) < 4.78 is 0. The highest BCUT2D eigenvalue weighted by molar-refractivity contribution is 5.97. The molecule has 7 nitrogen and oxygen atoms in total. The van der Waals surface area contributed by atoms with E-state index in [0.717, 1.165) is 12.8 Å². The second kappa shape index (κ2) is 9.00. The average Bonchev–Trinajstić information content (AvgIpc) is 2.52. The van der Waals surface area contributed by atoms with E-state index in [4.69, 9.17) is 0 Å². The maximum Gasteiger partial charge on any atom is 0.270 e. The molecule has 2 atom stereocenters. The summed E-state index contributed by atoms with van der Waals surface area (Å²) in [7, 11) is 0. The fraction of sp³-hybridized carbons (Fsp3) is 0.529. The van der Waals surface area contributed by atoms with Gasteiger partial charge in [-0.3, -0.25) is 19.7 Å². The minimum Gasteiger partial charge on any atom is -0.352 e. The molecule has 0 fully saturated rings. The zero-order valence-corrected chi connectivity index (χ0v) is 14.5. The van der Waals surface area contributed by atoms with Gasteiger partial charge >= 0.3 is 0 Å². The van der Waals surface area contributed by atoms with Gasteiger partial charge in [0.05, 0.1) is 4.92 Å². The molecule has 0 aliphatic carbocycles. The first-order valence-corrected chi connectivity index (χ1v) is 8.06. The molecule has 7 heteroatoms. The number of rotatable bonds is 8. The van der Waals surface area contributed by atoms with Crippen LogP contribution in [0.3, 0.4) is 0 Å². The molecule has 0 aliphatic rings. The molecule has 1 aromatic rings. The van der Waals surface area contributed by atoms with Crippen molar-refractivity contribution in [3.8, 4) is 0 Å². The van der Waals surface area contributed by atoms with Gasteiger partial charge in [0, 0.05) is 23.7 Å². The van der Waals surface area contributed by atoms with Crippen LogP contribution in [0.4, 0.5) is 5.69 Å². The Morgan fingerprint density at radius 3 is 2.38 bits per heavy atom. The second-order valence-electron chi connectivity index (χ2n) is 6.38. The standard InChI is InChI=1S/C17H25N3O4/c1-11(2)8-9-12(3)18-16(21)13(4)19-17(22)14-6-5-7-15(10-14)20(23)24/h5-7,10-13H,8-9H2,1-4H3,(H,18,21)(H,19,22). The third-order valence-corrected chi connectivity index (χ3v) is 3.63. The minimum atomic E-state index is -0.724. The van der Waals surface area contributed by atoms with Gasteiger partial charge in [-0.15, -0.1) is 0 Å². The van der Waals surface area contributed by atoms with Crippen molar-refractivity contribution in [1.29, 1.82) is 0 Å². The Morgan fingerprint density at radius 2 is 1.79 bits per heavy atom. The Morgan fingerprint density at radius 1 is 1.12 bits per heavy atom. The number of benzene rings is 1. The maximum absolute atomic E-state index is 12.1. The summed E-state index contributed by atoms with van der Waals surface area (Å²) in [6.45, 7) is 7.75. The average molecular weight is 335 g/mol. The smallest absolute Gasteiger partial charge is 0.270 e. The van der Waals surface area contributed by atoms with E-state index in [0.29, 0.717) is 5.92 Å². The Bertz CT molecular complexity index is 601. The lowest BCUT2D eigenvalue weighted by molar-refractivity contribution is -0.384. The summed E-state index contributed by atoms with van der Waals surface area (Å²) in [5, 5.41) is 16.2. The molecule has 0 aromatic heterocycles. The van der Waals surface area contributed by atoms with Crippen LogP contribution in [-0.4, -0.2) is 28.8 Å². The molecule has 2 N–H and O–H groups in total. The Labute approximate surface area is 142 Å². The first kappa shape index (κ1) is 19.6. The summed E-state index contributed by atoms with van der Waals surface area (Å²) in [4.78, 5) is 34.4. The molecule has 0 saturated heterocycles. The number of hydrogen-bond acceptors (Lipinski definition) is 4. The highest BCUT2D eigenvalue weighted by atomic mass is 16.6. The maximum atomic E-state index is 12.1. The third kappa shape index (κ3) is 6.36. The Hall–Kier alpha value is -2.44. The minimum absolute atomic E-state index is 0.0251. The molecule has 0 bridgehead atoms. The quantitative estimate of drug-likeness (QED) is 0.563. The van der Waals surface area contributed by atoms with Crippen molar-refractivity contribution in [3.63, 3.8) is 0 Å². The molecule has 0 spiro atoms. The van der Waals surface area contributed by atoms with Gasteiger partial charge in [-0.1, -0.05) is 19.9 Å². The Kier molecular flexibility index (Phi) is 7.35.